The first-order valence-electron chi connectivity index (χ1n) is 27.1. The lowest BCUT2D eigenvalue weighted by Crippen LogP contribution is -2.72. The predicted molar refractivity (Wildman–Crippen MR) is 269 cm³/mol. The van der Waals surface area contributed by atoms with Crippen LogP contribution in [0.1, 0.15) is 41.0 Å². The van der Waals surface area contributed by atoms with Gasteiger partial charge in [-0.05, 0) is 6.92 Å². The number of aliphatic hydroxyl groups excluding tert-OH is 13. The summed E-state index contributed by atoms with van der Waals surface area (Å²) in [5.74, 6) is -3.92. The van der Waals surface area contributed by atoms with E-state index < -0.39 is 246 Å². The van der Waals surface area contributed by atoms with E-state index in [1.54, 1.807) is 0 Å². The van der Waals surface area contributed by atoms with Crippen LogP contribution >= 0.6 is 0 Å². The molecular formula is C48H82N6O30. The van der Waals surface area contributed by atoms with E-state index in [1.165, 1.54) is 14.0 Å². The lowest BCUT2D eigenvalue weighted by Gasteiger charge is -2.51. The molecule has 0 saturated carbocycles. The number of amides is 5. The zero-order chi connectivity index (χ0) is 62.2. The van der Waals surface area contributed by atoms with Gasteiger partial charge >= 0.3 is 0 Å². The molecule has 5 amide bonds. The minimum absolute atomic E-state index is 0.125. The molecule has 36 nitrogen and oxygen atoms in total. The van der Waals surface area contributed by atoms with Gasteiger partial charge < -0.3 is 156 Å². The highest BCUT2D eigenvalue weighted by Crippen LogP contribution is 2.37. The molecule has 0 spiro atoms. The van der Waals surface area contributed by atoms with Crippen LogP contribution in [0.4, 0.5) is 0 Å². The summed E-state index contributed by atoms with van der Waals surface area (Å²) < 4.78 is 71.1. The van der Waals surface area contributed by atoms with Crippen molar-refractivity contribution >= 4 is 29.5 Å². The van der Waals surface area contributed by atoms with Crippen LogP contribution in [0.2, 0.25) is 0 Å². The molecule has 0 bridgehead atoms. The number of carbonyl (C=O) groups excluding carboxylic acids is 5. The molecule has 84 heavy (non-hydrogen) atoms. The SMILES string of the molecule is CO[C@@H]1[C@H](OC[C@H]2OC(O)[C@H](NC(C)=O)[C@@H](O)[C@@H]2O[C@@H]2O[C@H](CO)[C@@H](O[C@@H]3O[C@H](CO)[C@@H](O[C@@H]4O[C@H](CO)[C@@H](O[C@@H]5O[C@H](CO)[C@@H](O)[C@H](O)[C@H]5NC(=O)CCN)[C@H](O)[C@H]4NC(C)=O)[C@H](O)[C@H]3NC(C)=O)[C@H](O)[C@H]2NC(C)=O)O[C@@H](C)[C@@H](O)[C@H]1O. The van der Waals surface area contributed by atoms with E-state index in [4.69, 9.17) is 62.6 Å². The van der Waals surface area contributed by atoms with Gasteiger partial charge in [0.15, 0.2) is 37.7 Å². The second-order valence-corrected chi connectivity index (χ2v) is 21.1. The Balaban J connectivity index is 1.24. The van der Waals surface area contributed by atoms with Gasteiger partial charge in [-0.1, -0.05) is 0 Å². The van der Waals surface area contributed by atoms with E-state index in [0.717, 1.165) is 27.7 Å². The quantitative estimate of drug-likeness (QED) is 0.0452. The van der Waals surface area contributed by atoms with Gasteiger partial charge in [0.2, 0.25) is 29.5 Å². The first-order valence-corrected chi connectivity index (χ1v) is 27.1. The van der Waals surface area contributed by atoms with E-state index >= 15 is 0 Å². The second kappa shape index (κ2) is 31.0. The van der Waals surface area contributed by atoms with Crippen molar-refractivity contribution < 1.29 is 147 Å². The molecule has 0 aromatic carbocycles. The topological polar surface area (TPSA) is 545 Å². The van der Waals surface area contributed by atoms with Crippen molar-refractivity contribution in [1.29, 1.82) is 0 Å². The number of methoxy groups -OCH3 is 1. The molecule has 30 atom stereocenters. The number of carbonyl (C=O) groups is 5. The molecule has 6 rings (SSSR count). The maximum atomic E-state index is 12.8. The van der Waals surface area contributed by atoms with E-state index in [9.17, 15) is 90.4 Å². The van der Waals surface area contributed by atoms with Crippen LogP contribution in [-0.4, -0.2) is 327 Å². The molecule has 36 heteroatoms. The van der Waals surface area contributed by atoms with Gasteiger partial charge in [0, 0.05) is 47.8 Å². The third-order valence-electron chi connectivity index (χ3n) is 15.0. The van der Waals surface area contributed by atoms with Crippen LogP contribution in [0, 0.1) is 0 Å². The van der Waals surface area contributed by atoms with Crippen molar-refractivity contribution in [3.63, 3.8) is 0 Å². The highest BCUT2D eigenvalue weighted by molar-refractivity contribution is 5.76. The van der Waals surface area contributed by atoms with Crippen molar-refractivity contribution in [3.8, 4) is 0 Å². The standard InChI is InChI=1S/C48H82N6O30/c1-14-30(64)37(71)42(73-6)48(75-14)74-13-23-41(33(67)25(43(72)76-23)50-15(2)59)84-47-29(53-18(5)62)36(70)40(22(12-58)80-47)83-46-28(52-17(4)61)35(69)39(21(11-57)79-46)82-45-27(51-16(3)60)34(68)38(20(10-56)78-45)81-44-26(54-24(63)7-8-49)32(66)31(65)19(9-55)77-44/h14,19-23,25-48,55-58,64-72H,7-13,49H2,1-6H3,(H,50,59)(H,51,60)(H,52,61)(H,53,62)(H,54,63)/t14-,19+,20+,21+,22+,23+,25+,26+,27+,28+,29+,30+,31+,32+,33+,34+,35+,36+,37+,38+,39+,40+,41+,42-,43?,44-,45-,46-,47-,48+/m0/s1. The number of ether oxygens (including phenoxy) is 12. The molecule has 6 fully saturated rings. The molecule has 484 valence electrons. The van der Waals surface area contributed by atoms with Gasteiger partial charge in [-0.25, -0.2) is 0 Å². The summed E-state index contributed by atoms with van der Waals surface area (Å²) in [6.07, 6.45) is -43.1. The van der Waals surface area contributed by atoms with Crippen molar-refractivity contribution in [3.05, 3.63) is 0 Å². The van der Waals surface area contributed by atoms with Crippen molar-refractivity contribution in [2.24, 2.45) is 5.73 Å². The first-order chi connectivity index (χ1) is 39.7. The maximum Gasteiger partial charge on any atom is 0.221 e. The highest BCUT2D eigenvalue weighted by Gasteiger charge is 2.58. The largest absolute Gasteiger partial charge is 0.394 e. The number of aliphatic hydroxyl groups is 13. The van der Waals surface area contributed by atoms with Crippen LogP contribution in [0.3, 0.4) is 0 Å². The first kappa shape index (κ1) is 69.4. The summed E-state index contributed by atoms with van der Waals surface area (Å²) in [6, 6.07) is -8.41. The average molecular weight is 1220 g/mol. The summed E-state index contributed by atoms with van der Waals surface area (Å²) >= 11 is 0. The van der Waals surface area contributed by atoms with Crippen LogP contribution in [0.5, 0.6) is 0 Å². The Bertz CT molecular complexity index is 2150. The van der Waals surface area contributed by atoms with Crippen LogP contribution in [-0.2, 0) is 80.8 Å². The lowest BCUT2D eigenvalue weighted by atomic mass is 9.93. The molecule has 6 saturated heterocycles. The minimum atomic E-state index is -2.05. The zero-order valence-electron chi connectivity index (χ0n) is 46.6. The van der Waals surface area contributed by atoms with Gasteiger partial charge in [-0.2, -0.15) is 0 Å². The Hall–Kier alpha value is -3.69. The van der Waals surface area contributed by atoms with Gasteiger partial charge in [0.05, 0.1) is 39.1 Å². The average Bonchev–Trinajstić information content (AvgIpc) is 2.65. The van der Waals surface area contributed by atoms with Gasteiger partial charge in [-0.3, -0.25) is 24.0 Å². The highest BCUT2D eigenvalue weighted by atomic mass is 16.8. The fourth-order valence-corrected chi connectivity index (χ4v) is 10.8. The number of hydrogen-bond acceptors (Lipinski definition) is 31. The Labute approximate surface area is 479 Å². The molecule has 6 aliphatic rings. The predicted octanol–water partition coefficient (Wildman–Crippen LogP) is -12.4. The van der Waals surface area contributed by atoms with Crippen LogP contribution < -0.4 is 32.3 Å². The molecule has 6 heterocycles. The fraction of sp³-hybridized carbons (Fsp3) is 0.896. The summed E-state index contributed by atoms with van der Waals surface area (Å²) in [7, 11) is 1.21. The van der Waals surface area contributed by atoms with E-state index in [-0.39, 0.29) is 13.0 Å². The molecule has 0 aliphatic carbocycles. The number of hydrogen-bond donors (Lipinski definition) is 19. The number of rotatable bonds is 23. The smallest absolute Gasteiger partial charge is 0.221 e. The van der Waals surface area contributed by atoms with Crippen LogP contribution in [0.25, 0.3) is 0 Å². The zero-order valence-corrected chi connectivity index (χ0v) is 46.6. The molecule has 20 N–H and O–H groups in total. The molecule has 0 aromatic heterocycles. The molecule has 0 radical (unpaired) electrons. The minimum Gasteiger partial charge on any atom is -0.394 e. The van der Waals surface area contributed by atoms with E-state index in [2.05, 4.69) is 26.6 Å². The number of nitrogens with one attached hydrogen (secondary N) is 5. The maximum absolute atomic E-state index is 12.8. The number of nitrogens with two attached hydrogens (primary N) is 1. The monoisotopic (exact) mass is 1220 g/mol. The van der Waals surface area contributed by atoms with E-state index in [0.29, 0.717) is 0 Å². The van der Waals surface area contributed by atoms with Gasteiger partial charge in [0.1, 0.15) is 140 Å². The Morgan fingerprint density at radius 3 is 1.14 bits per heavy atom. The summed E-state index contributed by atoms with van der Waals surface area (Å²) in [5, 5.41) is 156. The third-order valence-corrected chi connectivity index (χ3v) is 15.0. The van der Waals surface area contributed by atoms with Crippen molar-refractivity contribution in [1.82, 2.24) is 26.6 Å². The summed E-state index contributed by atoms with van der Waals surface area (Å²) in [4.78, 5) is 63.3. The Morgan fingerprint density at radius 1 is 0.417 bits per heavy atom. The summed E-state index contributed by atoms with van der Waals surface area (Å²) in [6.45, 7) is 0.939. The molecule has 6 aliphatic heterocycles. The van der Waals surface area contributed by atoms with Crippen molar-refractivity contribution in [2.45, 2.75) is 225 Å². The molecular weight excluding hydrogens is 1140 g/mol. The van der Waals surface area contributed by atoms with Gasteiger partial charge in [-0.15, -0.1) is 0 Å². The second-order valence-electron chi connectivity index (χ2n) is 21.1. The third kappa shape index (κ3) is 16.1. The van der Waals surface area contributed by atoms with Crippen LogP contribution in [0.15, 0.2) is 0 Å². The van der Waals surface area contributed by atoms with Crippen molar-refractivity contribution in [2.75, 3.05) is 46.7 Å². The van der Waals surface area contributed by atoms with Gasteiger partial charge in [0.25, 0.3) is 0 Å². The fourth-order valence-electron chi connectivity index (χ4n) is 10.8. The lowest BCUT2D eigenvalue weighted by molar-refractivity contribution is -0.368. The Kier molecular flexibility index (Phi) is 25.6. The van der Waals surface area contributed by atoms with E-state index in [1.807, 2.05) is 0 Å². The molecule has 0 aromatic rings. The summed E-state index contributed by atoms with van der Waals surface area (Å²) in [5.41, 5.74) is 5.50. The molecule has 1 unspecified atom stereocenters. The Morgan fingerprint density at radius 2 is 0.774 bits per heavy atom. The normalized spacial score (nSPS) is 44.5.